The van der Waals surface area contributed by atoms with Gasteiger partial charge in [0.15, 0.2) is 0 Å². The van der Waals surface area contributed by atoms with E-state index in [9.17, 15) is 9.90 Å². The number of hydrogen-bond donors (Lipinski definition) is 2. The van der Waals surface area contributed by atoms with Crippen LogP contribution in [-0.4, -0.2) is 51.4 Å². The summed E-state index contributed by atoms with van der Waals surface area (Å²) < 4.78 is 1.75. The normalized spacial score (nSPS) is 18.0. The van der Waals surface area contributed by atoms with Crippen LogP contribution in [0.15, 0.2) is 30.3 Å². The van der Waals surface area contributed by atoms with Gasteiger partial charge in [-0.15, -0.1) is 0 Å². The van der Waals surface area contributed by atoms with Crippen LogP contribution in [0.3, 0.4) is 0 Å². The monoisotopic (exact) mass is 328 g/mol. The number of benzene rings is 1. The van der Waals surface area contributed by atoms with Gasteiger partial charge in [-0.3, -0.25) is 9.69 Å². The Morgan fingerprint density at radius 3 is 2.79 bits per heavy atom. The van der Waals surface area contributed by atoms with Crippen molar-refractivity contribution in [3.63, 3.8) is 0 Å². The lowest BCUT2D eigenvalue weighted by Gasteiger charge is -2.21. The largest absolute Gasteiger partial charge is 0.395 e. The fourth-order valence-corrected chi connectivity index (χ4v) is 3.15. The number of aliphatic hydroxyl groups is 1. The summed E-state index contributed by atoms with van der Waals surface area (Å²) in [6.07, 6.45) is 1.98. The summed E-state index contributed by atoms with van der Waals surface area (Å²) in [6, 6.07) is 9.98. The molecule has 1 amide bonds. The Kier molecular flexibility index (Phi) is 4.97. The molecule has 2 N–H and O–H groups in total. The minimum Gasteiger partial charge on any atom is -0.395 e. The van der Waals surface area contributed by atoms with Gasteiger partial charge in [0, 0.05) is 12.1 Å². The average Bonchev–Trinajstić information content (AvgIpc) is 3.14. The van der Waals surface area contributed by atoms with E-state index in [-0.39, 0.29) is 18.6 Å². The Hall–Kier alpha value is -2.18. The highest BCUT2D eigenvalue weighted by Gasteiger charge is 2.25. The first-order valence-electron chi connectivity index (χ1n) is 8.35. The van der Waals surface area contributed by atoms with E-state index in [1.165, 1.54) is 5.56 Å². The molecule has 1 aromatic carbocycles. The van der Waals surface area contributed by atoms with E-state index in [1.807, 2.05) is 49.1 Å². The van der Waals surface area contributed by atoms with Crippen LogP contribution < -0.4 is 5.32 Å². The predicted octanol–water partition coefficient (Wildman–Crippen LogP) is 1.88. The van der Waals surface area contributed by atoms with Crippen LogP contribution >= 0.6 is 0 Å². The summed E-state index contributed by atoms with van der Waals surface area (Å²) in [5, 5.41) is 16.8. The highest BCUT2D eigenvalue weighted by atomic mass is 16.3. The zero-order valence-electron chi connectivity index (χ0n) is 14.2. The highest BCUT2D eigenvalue weighted by molar-refractivity contribution is 5.91. The van der Waals surface area contributed by atoms with Crippen LogP contribution in [0, 0.1) is 13.8 Å². The summed E-state index contributed by atoms with van der Waals surface area (Å²) in [5.41, 5.74) is 2.94. The molecule has 2 heterocycles. The third-order valence-electron chi connectivity index (χ3n) is 4.43. The quantitative estimate of drug-likeness (QED) is 0.879. The van der Waals surface area contributed by atoms with Crippen LogP contribution in [0.1, 0.15) is 24.1 Å². The molecule has 0 saturated carbocycles. The van der Waals surface area contributed by atoms with E-state index in [1.54, 1.807) is 4.68 Å². The molecule has 24 heavy (non-hydrogen) atoms. The van der Waals surface area contributed by atoms with Gasteiger partial charge < -0.3 is 10.4 Å². The summed E-state index contributed by atoms with van der Waals surface area (Å²) >= 11 is 0. The topological polar surface area (TPSA) is 70.4 Å². The zero-order chi connectivity index (χ0) is 17.1. The Balaban J connectivity index is 1.73. The van der Waals surface area contributed by atoms with Crippen molar-refractivity contribution in [2.24, 2.45) is 0 Å². The van der Waals surface area contributed by atoms with Crippen molar-refractivity contribution in [2.75, 3.05) is 25.0 Å². The fourth-order valence-electron chi connectivity index (χ4n) is 3.15. The third-order valence-corrected chi connectivity index (χ3v) is 4.43. The zero-order valence-corrected chi connectivity index (χ0v) is 14.2. The Morgan fingerprint density at radius 2 is 2.08 bits per heavy atom. The summed E-state index contributed by atoms with van der Waals surface area (Å²) in [5.74, 6) is 0.588. The van der Waals surface area contributed by atoms with Crippen molar-refractivity contribution in [3.8, 4) is 5.69 Å². The van der Waals surface area contributed by atoms with Crippen molar-refractivity contribution in [2.45, 2.75) is 32.7 Å². The van der Waals surface area contributed by atoms with E-state index in [0.29, 0.717) is 12.4 Å². The molecule has 1 aliphatic rings. The molecule has 128 valence electrons. The number of amides is 1. The first-order valence-corrected chi connectivity index (χ1v) is 8.35. The van der Waals surface area contributed by atoms with Gasteiger partial charge in [0.1, 0.15) is 5.82 Å². The first-order chi connectivity index (χ1) is 11.6. The molecule has 2 aromatic rings. The second-order valence-electron chi connectivity index (χ2n) is 6.42. The predicted molar refractivity (Wildman–Crippen MR) is 93.3 cm³/mol. The molecule has 1 fully saturated rings. The second kappa shape index (κ2) is 7.15. The van der Waals surface area contributed by atoms with E-state index in [4.69, 9.17) is 0 Å². The van der Waals surface area contributed by atoms with Gasteiger partial charge in [-0.05, 0) is 45.4 Å². The molecule has 6 nitrogen and oxygen atoms in total. The van der Waals surface area contributed by atoms with Crippen molar-refractivity contribution in [1.29, 1.82) is 0 Å². The number of rotatable bonds is 5. The lowest BCUT2D eigenvalue weighted by atomic mass is 10.2. The van der Waals surface area contributed by atoms with Crippen molar-refractivity contribution in [1.82, 2.24) is 14.7 Å². The molecular formula is C18H24N4O2. The maximum Gasteiger partial charge on any atom is 0.239 e. The van der Waals surface area contributed by atoms with Crippen LogP contribution in [0.5, 0.6) is 0 Å². The maximum atomic E-state index is 12.4. The molecule has 0 spiro atoms. The molecule has 1 saturated heterocycles. The minimum absolute atomic E-state index is 0.0800. The molecular weight excluding hydrogens is 304 g/mol. The Labute approximate surface area is 142 Å². The molecule has 1 atom stereocenters. The molecule has 0 bridgehead atoms. The SMILES string of the molecule is Cc1ccc(-n2nc(C)cc2NC(=O)CN2CCC[C@@H]2CO)cc1. The maximum absolute atomic E-state index is 12.4. The third kappa shape index (κ3) is 3.66. The molecule has 0 radical (unpaired) electrons. The molecule has 6 heteroatoms. The first kappa shape index (κ1) is 16.7. The molecule has 1 aliphatic heterocycles. The van der Waals surface area contributed by atoms with Crippen molar-refractivity contribution < 1.29 is 9.90 Å². The molecule has 3 rings (SSSR count). The number of carbonyl (C=O) groups is 1. The smallest absolute Gasteiger partial charge is 0.239 e. The number of nitrogens with zero attached hydrogens (tertiary/aromatic N) is 3. The van der Waals surface area contributed by atoms with E-state index >= 15 is 0 Å². The second-order valence-corrected chi connectivity index (χ2v) is 6.42. The van der Waals surface area contributed by atoms with Gasteiger partial charge in [-0.1, -0.05) is 17.7 Å². The van der Waals surface area contributed by atoms with Gasteiger partial charge in [-0.2, -0.15) is 5.10 Å². The number of likely N-dealkylation sites (tertiary alicyclic amines) is 1. The number of anilines is 1. The summed E-state index contributed by atoms with van der Waals surface area (Å²) in [6.45, 7) is 5.20. The van der Waals surface area contributed by atoms with Gasteiger partial charge in [0.2, 0.25) is 5.91 Å². The summed E-state index contributed by atoms with van der Waals surface area (Å²) in [4.78, 5) is 14.4. The average molecular weight is 328 g/mol. The van der Waals surface area contributed by atoms with Gasteiger partial charge >= 0.3 is 0 Å². The highest BCUT2D eigenvalue weighted by Crippen LogP contribution is 2.19. The molecule has 1 aromatic heterocycles. The number of nitrogens with one attached hydrogen (secondary N) is 1. The summed E-state index contributed by atoms with van der Waals surface area (Å²) in [7, 11) is 0. The van der Waals surface area contributed by atoms with Crippen LogP contribution in [0.25, 0.3) is 5.69 Å². The van der Waals surface area contributed by atoms with Gasteiger partial charge in [-0.25, -0.2) is 4.68 Å². The van der Waals surface area contributed by atoms with Crippen LogP contribution in [-0.2, 0) is 4.79 Å². The Morgan fingerprint density at radius 1 is 1.33 bits per heavy atom. The number of aliphatic hydroxyl groups excluding tert-OH is 1. The minimum atomic E-state index is -0.0800. The number of aryl methyl sites for hydroxylation is 2. The van der Waals surface area contributed by atoms with E-state index in [0.717, 1.165) is 30.8 Å². The van der Waals surface area contributed by atoms with Crippen LogP contribution in [0.2, 0.25) is 0 Å². The van der Waals surface area contributed by atoms with E-state index in [2.05, 4.69) is 10.4 Å². The lowest BCUT2D eigenvalue weighted by molar-refractivity contribution is -0.117. The molecule has 0 unspecified atom stereocenters. The van der Waals surface area contributed by atoms with Crippen molar-refractivity contribution in [3.05, 3.63) is 41.6 Å². The number of hydrogen-bond acceptors (Lipinski definition) is 4. The standard InChI is InChI=1S/C18H24N4O2/c1-13-5-7-15(8-6-13)22-17(10-14(2)20-22)19-18(24)11-21-9-3-4-16(21)12-23/h5-8,10,16,23H,3-4,9,11-12H2,1-2H3,(H,19,24)/t16-/m1/s1. The number of aromatic nitrogens is 2. The van der Waals surface area contributed by atoms with Crippen LogP contribution in [0.4, 0.5) is 5.82 Å². The van der Waals surface area contributed by atoms with Gasteiger partial charge in [0.05, 0.1) is 24.5 Å². The Bertz CT molecular complexity index is 708. The van der Waals surface area contributed by atoms with Crippen molar-refractivity contribution >= 4 is 11.7 Å². The van der Waals surface area contributed by atoms with E-state index < -0.39 is 0 Å². The lowest BCUT2D eigenvalue weighted by Crippen LogP contribution is -2.38. The fraction of sp³-hybridized carbons (Fsp3) is 0.444. The van der Waals surface area contributed by atoms with Gasteiger partial charge in [0.25, 0.3) is 0 Å². The number of carbonyl (C=O) groups excluding carboxylic acids is 1. The molecule has 0 aliphatic carbocycles.